The van der Waals surface area contributed by atoms with E-state index in [0.29, 0.717) is 9.17 Å². The van der Waals surface area contributed by atoms with E-state index in [1.165, 1.54) is 12.1 Å². The summed E-state index contributed by atoms with van der Waals surface area (Å²) in [7, 11) is 1.06. The van der Waals surface area contributed by atoms with E-state index < -0.39 is 22.6 Å². The van der Waals surface area contributed by atoms with Crippen molar-refractivity contribution in [3.8, 4) is 0 Å². The second-order valence-corrected chi connectivity index (χ2v) is 5.29. The van der Waals surface area contributed by atoms with E-state index in [9.17, 15) is 18.0 Å². The summed E-state index contributed by atoms with van der Waals surface area (Å²) in [5, 5.41) is 0.00211. The Balaban J connectivity index is 2.85. The van der Waals surface area contributed by atoms with Crippen LogP contribution < -0.4 is 0 Å². The van der Waals surface area contributed by atoms with E-state index in [0.717, 1.165) is 18.4 Å². The van der Waals surface area contributed by atoms with Gasteiger partial charge in [0.2, 0.25) is 0 Å². The SMILES string of the molecule is COC(=O)c1sc2c(Br)cccc2c1C(F)(F)F. The van der Waals surface area contributed by atoms with Crippen LogP contribution in [0.3, 0.4) is 0 Å². The summed E-state index contributed by atoms with van der Waals surface area (Å²) in [6, 6.07) is 4.46. The quantitative estimate of drug-likeness (QED) is 0.717. The van der Waals surface area contributed by atoms with Crippen molar-refractivity contribution >= 4 is 43.3 Å². The van der Waals surface area contributed by atoms with Gasteiger partial charge in [-0.3, -0.25) is 0 Å². The third kappa shape index (κ3) is 2.12. The molecule has 96 valence electrons. The molecule has 1 aromatic carbocycles. The van der Waals surface area contributed by atoms with Crippen LogP contribution in [-0.4, -0.2) is 13.1 Å². The van der Waals surface area contributed by atoms with Crippen molar-refractivity contribution in [2.24, 2.45) is 0 Å². The average Bonchev–Trinajstić information content (AvgIpc) is 2.68. The number of rotatable bonds is 1. The summed E-state index contributed by atoms with van der Waals surface area (Å²) >= 11 is 3.94. The summed E-state index contributed by atoms with van der Waals surface area (Å²) < 4.78 is 44.4. The smallest absolute Gasteiger partial charge is 0.418 e. The molecule has 1 heterocycles. The van der Waals surface area contributed by atoms with Gasteiger partial charge in [0.1, 0.15) is 4.88 Å². The molecule has 1 aromatic heterocycles. The molecule has 2 aromatic rings. The Morgan fingerprint density at radius 1 is 1.39 bits per heavy atom. The number of carbonyl (C=O) groups is 1. The fourth-order valence-electron chi connectivity index (χ4n) is 1.60. The lowest BCUT2D eigenvalue weighted by molar-refractivity contribution is -0.136. The van der Waals surface area contributed by atoms with Crippen LogP contribution in [0.1, 0.15) is 15.2 Å². The van der Waals surface area contributed by atoms with Crippen molar-refractivity contribution in [2.45, 2.75) is 6.18 Å². The fraction of sp³-hybridized carbons (Fsp3) is 0.182. The molecule has 2 rings (SSSR count). The molecule has 0 amide bonds. The monoisotopic (exact) mass is 338 g/mol. The van der Waals surface area contributed by atoms with Crippen LogP contribution in [0.15, 0.2) is 22.7 Å². The second-order valence-electron chi connectivity index (χ2n) is 3.41. The standard InChI is InChI=1S/C11H6BrF3O2S/c1-17-10(16)9-7(11(13,14)15)5-3-2-4-6(12)8(5)18-9/h2-4H,1H3. The lowest BCUT2D eigenvalue weighted by Gasteiger charge is -2.07. The highest BCUT2D eigenvalue weighted by Gasteiger charge is 2.39. The first-order valence-corrected chi connectivity index (χ1v) is 6.33. The molecule has 2 nitrogen and oxygen atoms in total. The minimum atomic E-state index is -4.59. The number of esters is 1. The molecule has 0 spiro atoms. The number of benzene rings is 1. The van der Waals surface area contributed by atoms with Crippen molar-refractivity contribution in [1.82, 2.24) is 0 Å². The average molecular weight is 339 g/mol. The van der Waals surface area contributed by atoms with Crippen LogP contribution in [-0.2, 0) is 10.9 Å². The zero-order valence-electron chi connectivity index (χ0n) is 8.97. The number of hydrogen-bond acceptors (Lipinski definition) is 3. The lowest BCUT2D eigenvalue weighted by Crippen LogP contribution is -2.11. The van der Waals surface area contributed by atoms with Crippen molar-refractivity contribution in [3.63, 3.8) is 0 Å². The van der Waals surface area contributed by atoms with Crippen LogP contribution in [0, 0.1) is 0 Å². The highest BCUT2D eigenvalue weighted by Crippen LogP contribution is 2.44. The topological polar surface area (TPSA) is 26.3 Å². The molecule has 0 aliphatic carbocycles. The molecular formula is C11H6BrF3O2S. The van der Waals surface area contributed by atoms with Crippen molar-refractivity contribution < 1.29 is 22.7 Å². The van der Waals surface area contributed by atoms with E-state index in [2.05, 4.69) is 20.7 Å². The van der Waals surface area contributed by atoms with Gasteiger partial charge in [0.05, 0.1) is 12.7 Å². The van der Waals surface area contributed by atoms with Gasteiger partial charge < -0.3 is 4.74 Å². The molecular weight excluding hydrogens is 333 g/mol. The molecule has 7 heteroatoms. The Morgan fingerprint density at radius 3 is 2.61 bits per heavy atom. The molecule has 0 N–H and O–H groups in total. The van der Waals surface area contributed by atoms with Gasteiger partial charge in [-0.25, -0.2) is 4.79 Å². The highest BCUT2D eigenvalue weighted by molar-refractivity contribution is 9.10. The normalized spacial score (nSPS) is 11.8. The number of methoxy groups -OCH3 is 1. The van der Waals surface area contributed by atoms with E-state index in [1.54, 1.807) is 6.07 Å². The number of alkyl halides is 3. The highest BCUT2D eigenvalue weighted by atomic mass is 79.9. The second kappa shape index (κ2) is 4.55. The number of hydrogen-bond donors (Lipinski definition) is 0. The molecule has 0 atom stereocenters. The maximum absolute atomic E-state index is 13.0. The minimum absolute atomic E-state index is 0.00211. The third-order valence-corrected chi connectivity index (χ3v) is 4.46. The Morgan fingerprint density at radius 2 is 2.06 bits per heavy atom. The van der Waals surface area contributed by atoms with Gasteiger partial charge in [-0.2, -0.15) is 13.2 Å². The molecule has 0 unspecified atom stereocenters. The fourth-order valence-corrected chi connectivity index (χ4v) is 3.36. The van der Waals surface area contributed by atoms with Crippen molar-refractivity contribution in [1.29, 1.82) is 0 Å². The molecule has 0 radical (unpaired) electrons. The maximum atomic E-state index is 13.0. The Bertz CT molecular complexity index is 619. The molecule has 18 heavy (non-hydrogen) atoms. The predicted molar refractivity (Wildman–Crippen MR) is 65.9 cm³/mol. The third-order valence-electron chi connectivity index (χ3n) is 2.32. The number of thiophene rings is 1. The van der Waals surface area contributed by atoms with E-state index in [1.807, 2.05) is 0 Å². The van der Waals surface area contributed by atoms with Gasteiger partial charge in [0, 0.05) is 14.6 Å². The number of ether oxygens (including phenoxy) is 1. The van der Waals surface area contributed by atoms with Crippen LogP contribution in [0.25, 0.3) is 10.1 Å². The zero-order chi connectivity index (χ0) is 13.5. The molecule has 0 aliphatic heterocycles. The Hall–Kier alpha value is -1.08. The first kappa shape index (κ1) is 13.4. The lowest BCUT2D eigenvalue weighted by atomic mass is 10.1. The zero-order valence-corrected chi connectivity index (χ0v) is 11.4. The van der Waals surface area contributed by atoms with Crippen molar-refractivity contribution in [3.05, 3.63) is 33.1 Å². The molecule has 0 bridgehead atoms. The molecule has 0 saturated carbocycles. The number of carbonyl (C=O) groups excluding carboxylic acids is 1. The Kier molecular flexibility index (Phi) is 3.37. The van der Waals surface area contributed by atoms with Gasteiger partial charge in [0.25, 0.3) is 0 Å². The molecule has 0 fully saturated rings. The molecule has 0 saturated heterocycles. The summed E-state index contributed by atoms with van der Waals surface area (Å²) in [4.78, 5) is 11.0. The summed E-state index contributed by atoms with van der Waals surface area (Å²) in [6.07, 6.45) is -4.59. The van der Waals surface area contributed by atoms with Crippen LogP contribution >= 0.6 is 27.3 Å². The Labute approximate surface area is 112 Å². The van der Waals surface area contributed by atoms with Crippen LogP contribution in [0.4, 0.5) is 13.2 Å². The number of halogens is 4. The van der Waals surface area contributed by atoms with Gasteiger partial charge in [0.15, 0.2) is 0 Å². The number of fused-ring (bicyclic) bond motifs is 1. The van der Waals surface area contributed by atoms with Crippen LogP contribution in [0.5, 0.6) is 0 Å². The van der Waals surface area contributed by atoms with Gasteiger partial charge in [-0.1, -0.05) is 12.1 Å². The van der Waals surface area contributed by atoms with Crippen LogP contribution in [0.2, 0.25) is 0 Å². The van der Waals surface area contributed by atoms with E-state index >= 15 is 0 Å². The van der Waals surface area contributed by atoms with Gasteiger partial charge >= 0.3 is 12.1 Å². The summed E-state index contributed by atoms with van der Waals surface area (Å²) in [6.45, 7) is 0. The van der Waals surface area contributed by atoms with Crippen molar-refractivity contribution in [2.75, 3.05) is 7.11 Å². The first-order chi connectivity index (χ1) is 8.36. The van der Waals surface area contributed by atoms with Gasteiger partial charge in [-0.05, 0) is 22.0 Å². The first-order valence-electron chi connectivity index (χ1n) is 4.72. The van der Waals surface area contributed by atoms with Gasteiger partial charge in [-0.15, -0.1) is 11.3 Å². The summed E-state index contributed by atoms with van der Waals surface area (Å²) in [5.41, 5.74) is -0.935. The maximum Gasteiger partial charge on any atom is 0.418 e. The van der Waals surface area contributed by atoms with E-state index in [-0.39, 0.29) is 5.39 Å². The summed E-state index contributed by atoms with van der Waals surface area (Å²) in [5.74, 6) is -0.976. The predicted octanol–water partition coefficient (Wildman–Crippen LogP) is 4.47. The van der Waals surface area contributed by atoms with E-state index in [4.69, 9.17) is 0 Å². The molecule has 0 aliphatic rings. The largest absolute Gasteiger partial charge is 0.465 e. The minimum Gasteiger partial charge on any atom is -0.465 e.